The van der Waals surface area contributed by atoms with Gasteiger partial charge in [0.2, 0.25) is 5.91 Å². The van der Waals surface area contributed by atoms with Crippen molar-refractivity contribution in [1.29, 1.82) is 0 Å². The molecule has 2 aromatic heterocycles. The molecule has 0 saturated carbocycles. The van der Waals surface area contributed by atoms with Gasteiger partial charge in [-0.15, -0.1) is 11.3 Å². The Kier molecular flexibility index (Phi) is 5.04. The fourth-order valence-corrected chi connectivity index (χ4v) is 3.81. The molecule has 0 unspecified atom stereocenters. The molecule has 132 valence electrons. The molecule has 1 amide bonds. The summed E-state index contributed by atoms with van der Waals surface area (Å²) in [5.74, 6) is 0.0377. The zero-order valence-corrected chi connectivity index (χ0v) is 15.2. The Labute approximate surface area is 156 Å². The Bertz CT molecular complexity index is 914. The molecule has 3 heterocycles. The Hall–Kier alpha value is -2.57. The second-order valence-corrected chi connectivity index (χ2v) is 7.33. The number of para-hydroxylation sites is 2. The maximum Gasteiger partial charge on any atom is 0.246 e. The van der Waals surface area contributed by atoms with E-state index in [4.69, 9.17) is 0 Å². The summed E-state index contributed by atoms with van der Waals surface area (Å²) in [7, 11) is 0. The van der Waals surface area contributed by atoms with Gasteiger partial charge in [-0.05, 0) is 29.7 Å². The van der Waals surface area contributed by atoms with Crippen molar-refractivity contribution in [2.24, 2.45) is 0 Å². The van der Waals surface area contributed by atoms with Crippen LogP contribution < -0.4 is 0 Å². The highest BCUT2D eigenvalue weighted by molar-refractivity contribution is 7.09. The summed E-state index contributed by atoms with van der Waals surface area (Å²) in [6.07, 6.45) is 5.05. The van der Waals surface area contributed by atoms with Gasteiger partial charge in [0.25, 0.3) is 0 Å². The number of thiophene rings is 1. The van der Waals surface area contributed by atoms with Crippen LogP contribution >= 0.6 is 11.3 Å². The first-order chi connectivity index (χ1) is 12.8. The zero-order chi connectivity index (χ0) is 17.8. The SMILES string of the molecule is O=C(/C=C/c1cnc2ccccc2n1)N1CCN(Cc2cccs2)CC1. The standard InChI is InChI=1S/C20H20N4OS/c25-20(8-7-16-14-21-18-5-1-2-6-19(18)22-16)24-11-9-23(10-12-24)15-17-4-3-13-26-17/h1-8,13-14H,9-12,15H2/b8-7+. The first-order valence-corrected chi connectivity index (χ1v) is 9.59. The smallest absolute Gasteiger partial charge is 0.246 e. The summed E-state index contributed by atoms with van der Waals surface area (Å²) in [4.78, 5) is 27.0. The van der Waals surface area contributed by atoms with Crippen LogP contribution in [0, 0.1) is 0 Å². The number of benzene rings is 1. The Balaban J connectivity index is 1.33. The Morgan fingerprint density at radius 2 is 1.88 bits per heavy atom. The average Bonchev–Trinajstić information content (AvgIpc) is 3.19. The van der Waals surface area contributed by atoms with E-state index in [2.05, 4.69) is 32.4 Å². The monoisotopic (exact) mass is 364 g/mol. The maximum absolute atomic E-state index is 12.4. The van der Waals surface area contributed by atoms with Gasteiger partial charge in [0.05, 0.1) is 22.9 Å². The van der Waals surface area contributed by atoms with Crippen LogP contribution in [0.3, 0.4) is 0 Å². The quantitative estimate of drug-likeness (QED) is 0.668. The second kappa shape index (κ2) is 7.76. The van der Waals surface area contributed by atoms with E-state index in [0.29, 0.717) is 5.69 Å². The third kappa shape index (κ3) is 3.98. The number of hydrogen-bond donors (Lipinski definition) is 0. The lowest BCUT2D eigenvalue weighted by Crippen LogP contribution is -2.47. The van der Waals surface area contributed by atoms with Crippen LogP contribution in [-0.2, 0) is 11.3 Å². The van der Waals surface area contributed by atoms with Crippen molar-refractivity contribution in [3.63, 3.8) is 0 Å². The number of amides is 1. The molecule has 1 aromatic carbocycles. The molecule has 0 bridgehead atoms. The molecule has 1 saturated heterocycles. The molecule has 26 heavy (non-hydrogen) atoms. The number of rotatable bonds is 4. The minimum atomic E-state index is 0.0377. The van der Waals surface area contributed by atoms with Gasteiger partial charge in [-0.25, -0.2) is 4.98 Å². The molecule has 6 heteroatoms. The Morgan fingerprint density at radius 3 is 2.65 bits per heavy atom. The fourth-order valence-electron chi connectivity index (χ4n) is 3.06. The molecular formula is C20H20N4OS. The van der Waals surface area contributed by atoms with Crippen molar-refractivity contribution in [3.8, 4) is 0 Å². The highest BCUT2D eigenvalue weighted by atomic mass is 32.1. The molecule has 0 radical (unpaired) electrons. The van der Waals surface area contributed by atoms with Crippen molar-refractivity contribution >= 4 is 34.4 Å². The van der Waals surface area contributed by atoms with Crippen LogP contribution in [0.15, 0.2) is 54.1 Å². The van der Waals surface area contributed by atoms with E-state index in [1.807, 2.05) is 29.2 Å². The number of aromatic nitrogens is 2. The molecule has 1 aliphatic rings. The number of piperazine rings is 1. The average molecular weight is 364 g/mol. The Morgan fingerprint density at radius 1 is 1.08 bits per heavy atom. The predicted molar refractivity (Wildman–Crippen MR) is 105 cm³/mol. The van der Waals surface area contributed by atoms with E-state index in [9.17, 15) is 4.79 Å². The second-order valence-electron chi connectivity index (χ2n) is 6.30. The summed E-state index contributed by atoms with van der Waals surface area (Å²) in [5, 5.41) is 2.11. The summed E-state index contributed by atoms with van der Waals surface area (Å²) in [6, 6.07) is 12.0. The molecule has 3 aromatic rings. The van der Waals surface area contributed by atoms with Crippen LogP contribution in [0.4, 0.5) is 0 Å². The molecule has 1 fully saturated rings. The van der Waals surface area contributed by atoms with Crippen molar-refractivity contribution in [2.75, 3.05) is 26.2 Å². The van der Waals surface area contributed by atoms with Crippen LogP contribution in [-0.4, -0.2) is 51.9 Å². The molecule has 0 spiro atoms. The first kappa shape index (κ1) is 16.9. The van der Waals surface area contributed by atoms with Gasteiger partial charge < -0.3 is 4.90 Å². The van der Waals surface area contributed by atoms with E-state index >= 15 is 0 Å². The lowest BCUT2D eigenvalue weighted by molar-refractivity contribution is -0.127. The number of hydrogen-bond acceptors (Lipinski definition) is 5. The van der Waals surface area contributed by atoms with Crippen LogP contribution in [0.25, 0.3) is 17.1 Å². The molecule has 0 N–H and O–H groups in total. The highest BCUT2D eigenvalue weighted by Gasteiger charge is 2.19. The fraction of sp³-hybridized carbons (Fsp3) is 0.250. The predicted octanol–water partition coefficient (Wildman–Crippen LogP) is 3.05. The lowest BCUT2D eigenvalue weighted by Gasteiger charge is -2.33. The third-order valence-corrected chi connectivity index (χ3v) is 5.37. The molecule has 0 atom stereocenters. The van der Waals surface area contributed by atoms with Gasteiger partial charge in [-0.1, -0.05) is 18.2 Å². The first-order valence-electron chi connectivity index (χ1n) is 8.71. The largest absolute Gasteiger partial charge is 0.337 e. The van der Waals surface area contributed by atoms with Crippen LogP contribution in [0.2, 0.25) is 0 Å². The minimum absolute atomic E-state index is 0.0377. The lowest BCUT2D eigenvalue weighted by atomic mass is 10.2. The summed E-state index contributed by atoms with van der Waals surface area (Å²) in [6.45, 7) is 4.32. The van der Waals surface area contributed by atoms with Gasteiger partial charge in [0.1, 0.15) is 0 Å². The zero-order valence-electron chi connectivity index (χ0n) is 14.4. The van der Waals surface area contributed by atoms with Gasteiger partial charge in [-0.3, -0.25) is 14.7 Å². The normalized spacial score (nSPS) is 15.8. The highest BCUT2D eigenvalue weighted by Crippen LogP contribution is 2.14. The summed E-state index contributed by atoms with van der Waals surface area (Å²) >= 11 is 1.78. The third-order valence-electron chi connectivity index (χ3n) is 4.51. The topological polar surface area (TPSA) is 49.3 Å². The van der Waals surface area contributed by atoms with E-state index in [-0.39, 0.29) is 5.91 Å². The maximum atomic E-state index is 12.4. The summed E-state index contributed by atoms with van der Waals surface area (Å²) in [5.41, 5.74) is 2.40. The number of nitrogens with zero attached hydrogens (tertiary/aromatic N) is 4. The van der Waals surface area contributed by atoms with Gasteiger partial charge in [0.15, 0.2) is 0 Å². The van der Waals surface area contributed by atoms with Crippen molar-refractivity contribution in [2.45, 2.75) is 6.54 Å². The van der Waals surface area contributed by atoms with Crippen LogP contribution in [0.1, 0.15) is 10.6 Å². The number of carbonyl (C=O) groups excluding carboxylic acids is 1. The van der Waals surface area contributed by atoms with Gasteiger partial charge in [0, 0.05) is 43.7 Å². The molecule has 5 nitrogen and oxygen atoms in total. The number of carbonyl (C=O) groups is 1. The molecular weight excluding hydrogens is 344 g/mol. The van der Waals surface area contributed by atoms with Crippen molar-refractivity contribution in [3.05, 3.63) is 64.6 Å². The van der Waals surface area contributed by atoms with E-state index in [1.54, 1.807) is 29.7 Å². The van der Waals surface area contributed by atoms with Gasteiger partial charge in [-0.2, -0.15) is 0 Å². The van der Waals surface area contributed by atoms with Crippen molar-refractivity contribution in [1.82, 2.24) is 19.8 Å². The minimum Gasteiger partial charge on any atom is -0.337 e. The van der Waals surface area contributed by atoms with E-state index < -0.39 is 0 Å². The molecule has 1 aliphatic heterocycles. The van der Waals surface area contributed by atoms with Gasteiger partial charge >= 0.3 is 0 Å². The summed E-state index contributed by atoms with van der Waals surface area (Å²) < 4.78 is 0. The number of fused-ring (bicyclic) bond motifs is 1. The molecule has 0 aliphatic carbocycles. The molecule has 4 rings (SSSR count). The van der Waals surface area contributed by atoms with Crippen molar-refractivity contribution < 1.29 is 4.79 Å². The van der Waals surface area contributed by atoms with Crippen LogP contribution in [0.5, 0.6) is 0 Å². The van der Waals surface area contributed by atoms with E-state index in [0.717, 1.165) is 43.8 Å². The van der Waals surface area contributed by atoms with E-state index in [1.165, 1.54) is 4.88 Å².